The van der Waals surface area contributed by atoms with Crippen molar-refractivity contribution < 1.29 is 5.11 Å². The number of nitrogens with zero attached hydrogens (tertiary/aromatic N) is 1. The minimum Gasteiger partial charge on any atom is -0.393 e. The number of pyridine rings is 1. The predicted octanol–water partition coefficient (Wildman–Crippen LogP) is 2.16. The fourth-order valence-electron chi connectivity index (χ4n) is 0.970. The molecule has 0 aromatic carbocycles. The first-order chi connectivity index (χ1) is 5.70. The van der Waals surface area contributed by atoms with Gasteiger partial charge in [0.2, 0.25) is 0 Å². The standard InChI is InChI=1S/C9H12BrNO/c1-7(12)4-5-8-3-2-6-11-9(8)10/h2-3,6-7,12H,4-5H2,1H3/t7-/m1/s1. The van der Waals surface area contributed by atoms with Gasteiger partial charge in [0.25, 0.3) is 0 Å². The molecule has 0 fully saturated rings. The maximum Gasteiger partial charge on any atom is 0.109 e. The number of hydrogen-bond acceptors (Lipinski definition) is 2. The van der Waals surface area contributed by atoms with Crippen molar-refractivity contribution in [1.82, 2.24) is 4.98 Å². The fourth-order valence-corrected chi connectivity index (χ4v) is 1.42. The largest absolute Gasteiger partial charge is 0.393 e. The van der Waals surface area contributed by atoms with Crippen LogP contribution in [0.3, 0.4) is 0 Å². The maximum absolute atomic E-state index is 9.07. The number of rotatable bonds is 3. The van der Waals surface area contributed by atoms with E-state index in [9.17, 15) is 0 Å². The number of aromatic nitrogens is 1. The highest BCUT2D eigenvalue weighted by Crippen LogP contribution is 2.14. The van der Waals surface area contributed by atoms with Gasteiger partial charge in [-0.15, -0.1) is 0 Å². The van der Waals surface area contributed by atoms with Crippen molar-refractivity contribution in [2.24, 2.45) is 0 Å². The Hall–Kier alpha value is -0.410. The molecule has 0 aliphatic carbocycles. The number of hydrogen-bond donors (Lipinski definition) is 1. The van der Waals surface area contributed by atoms with E-state index in [1.165, 1.54) is 0 Å². The van der Waals surface area contributed by atoms with E-state index in [1.807, 2.05) is 12.1 Å². The number of aliphatic hydroxyl groups is 1. The molecule has 1 N–H and O–H groups in total. The van der Waals surface area contributed by atoms with E-state index in [0.717, 1.165) is 23.0 Å². The van der Waals surface area contributed by atoms with Crippen LogP contribution in [-0.4, -0.2) is 16.2 Å². The Bertz CT molecular complexity index is 250. The molecule has 12 heavy (non-hydrogen) atoms. The molecule has 0 spiro atoms. The average Bonchev–Trinajstić information content (AvgIpc) is 2.03. The third kappa shape index (κ3) is 2.91. The molecule has 2 nitrogen and oxygen atoms in total. The highest BCUT2D eigenvalue weighted by atomic mass is 79.9. The Morgan fingerprint density at radius 3 is 3.00 bits per heavy atom. The van der Waals surface area contributed by atoms with Crippen molar-refractivity contribution in [3.8, 4) is 0 Å². The van der Waals surface area contributed by atoms with Crippen molar-refractivity contribution in [2.75, 3.05) is 0 Å². The smallest absolute Gasteiger partial charge is 0.109 e. The van der Waals surface area contributed by atoms with Crippen LogP contribution in [0.15, 0.2) is 22.9 Å². The van der Waals surface area contributed by atoms with E-state index >= 15 is 0 Å². The summed E-state index contributed by atoms with van der Waals surface area (Å²) < 4.78 is 0.880. The monoisotopic (exact) mass is 229 g/mol. The van der Waals surface area contributed by atoms with Gasteiger partial charge >= 0.3 is 0 Å². The molecule has 1 rings (SSSR count). The lowest BCUT2D eigenvalue weighted by molar-refractivity contribution is 0.185. The van der Waals surface area contributed by atoms with Crippen molar-refractivity contribution in [1.29, 1.82) is 0 Å². The molecule has 1 aromatic rings. The van der Waals surface area contributed by atoms with Crippen LogP contribution in [0.25, 0.3) is 0 Å². The van der Waals surface area contributed by atoms with Crippen LogP contribution in [-0.2, 0) is 6.42 Å². The molecule has 0 bridgehead atoms. The first kappa shape index (κ1) is 9.68. The molecule has 3 heteroatoms. The molecule has 1 heterocycles. The summed E-state index contributed by atoms with van der Waals surface area (Å²) in [6.45, 7) is 1.80. The second-order valence-electron chi connectivity index (χ2n) is 2.84. The zero-order chi connectivity index (χ0) is 8.97. The van der Waals surface area contributed by atoms with Gasteiger partial charge in [-0.2, -0.15) is 0 Å². The van der Waals surface area contributed by atoms with Crippen LogP contribution in [0.5, 0.6) is 0 Å². The molecule has 0 unspecified atom stereocenters. The third-order valence-electron chi connectivity index (χ3n) is 1.67. The zero-order valence-corrected chi connectivity index (χ0v) is 8.58. The fraction of sp³-hybridized carbons (Fsp3) is 0.444. The summed E-state index contributed by atoms with van der Waals surface area (Å²) in [5, 5.41) is 9.07. The molecule has 0 amide bonds. The van der Waals surface area contributed by atoms with Gasteiger partial charge in [0.15, 0.2) is 0 Å². The zero-order valence-electron chi connectivity index (χ0n) is 7.00. The molecular formula is C9H12BrNO. The molecular weight excluding hydrogens is 218 g/mol. The summed E-state index contributed by atoms with van der Waals surface area (Å²) in [7, 11) is 0. The van der Waals surface area contributed by atoms with E-state index in [1.54, 1.807) is 13.1 Å². The Morgan fingerprint density at radius 2 is 2.42 bits per heavy atom. The molecule has 0 saturated carbocycles. The summed E-state index contributed by atoms with van der Waals surface area (Å²) in [6.07, 6.45) is 3.16. The summed E-state index contributed by atoms with van der Waals surface area (Å²) in [5.74, 6) is 0. The maximum atomic E-state index is 9.07. The van der Waals surface area contributed by atoms with Crippen molar-refractivity contribution in [3.63, 3.8) is 0 Å². The average molecular weight is 230 g/mol. The minimum absolute atomic E-state index is 0.239. The molecule has 66 valence electrons. The Labute approximate surface area is 80.8 Å². The summed E-state index contributed by atoms with van der Waals surface area (Å²) >= 11 is 3.35. The summed E-state index contributed by atoms with van der Waals surface area (Å²) in [4.78, 5) is 4.09. The molecule has 1 aromatic heterocycles. The highest BCUT2D eigenvalue weighted by Gasteiger charge is 2.01. The van der Waals surface area contributed by atoms with Crippen LogP contribution in [0.1, 0.15) is 18.9 Å². The van der Waals surface area contributed by atoms with E-state index in [-0.39, 0.29) is 6.10 Å². The third-order valence-corrected chi connectivity index (χ3v) is 2.38. The first-order valence-electron chi connectivity index (χ1n) is 3.97. The van der Waals surface area contributed by atoms with Crippen molar-refractivity contribution in [2.45, 2.75) is 25.9 Å². The van der Waals surface area contributed by atoms with Crippen LogP contribution < -0.4 is 0 Å². The van der Waals surface area contributed by atoms with Gasteiger partial charge in [-0.25, -0.2) is 4.98 Å². The lowest BCUT2D eigenvalue weighted by Gasteiger charge is -2.04. The van der Waals surface area contributed by atoms with Crippen LogP contribution in [0.2, 0.25) is 0 Å². The molecule has 0 aliphatic heterocycles. The number of halogens is 1. The molecule has 1 atom stereocenters. The summed E-state index contributed by atoms with van der Waals surface area (Å²) in [6, 6.07) is 3.92. The van der Waals surface area contributed by atoms with E-state index in [2.05, 4.69) is 20.9 Å². The number of aryl methyl sites for hydroxylation is 1. The van der Waals surface area contributed by atoms with Crippen molar-refractivity contribution >= 4 is 15.9 Å². The molecule has 0 radical (unpaired) electrons. The quantitative estimate of drug-likeness (QED) is 0.807. The van der Waals surface area contributed by atoms with Crippen LogP contribution in [0.4, 0.5) is 0 Å². The van der Waals surface area contributed by atoms with Gasteiger partial charge in [0.05, 0.1) is 6.10 Å². The minimum atomic E-state index is -0.239. The molecule has 0 aliphatic rings. The second kappa shape index (κ2) is 4.58. The van der Waals surface area contributed by atoms with Crippen LogP contribution >= 0.6 is 15.9 Å². The van der Waals surface area contributed by atoms with Gasteiger partial charge in [-0.3, -0.25) is 0 Å². The normalized spacial score (nSPS) is 12.9. The van der Waals surface area contributed by atoms with Gasteiger partial charge in [-0.05, 0) is 47.3 Å². The van der Waals surface area contributed by atoms with E-state index in [0.29, 0.717) is 0 Å². The van der Waals surface area contributed by atoms with Crippen LogP contribution in [0, 0.1) is 0 Å². The van der Waals surface area contributed by atoms with Gasteiger partial charge in [0.1, 0.15) is 4.60 Å². The van der Waals surface area contributed by atoms with Gasteiger partial charge in [0, 0.05) is 6.20 Å². The summed E-state index contributed by atoms with van der Waals surface area (Å²) in [5.41, 5.74) is 1.15. The van der Waals surface area contributed by atoms with E-state index < -0.39 is 0 Å². The van der Waals surface area contributed by atoms with E-state index in [4.69, 9.17) is 5.11 Å². The Balaban J connectivity index is 2.57. The van der Waals surface area contributed by atoms with Crippen molar-refractivity contribution in [3.05, 3.63) is 28.5 Å². The lowest BCUT2D eigenvalue weighted by atomic mass is 10.1. The Morgan fingerprint density at radius 1 is 1.67 bits per heavy atom. The lowest BCUT2D eigenvalue weighted by Crippen LogP contribution is -2.02. The number of aliphatic hydroxyl groups excluding tert-OH is 1. The van der Waals surface area contributed by atoms with Gasteiger partial charge < -0.3 is 5.11 Å². The second-order valence-corrected chi connectivity index (χ2v) is 3.59. The SMILES string of the molecule is C[C@@H](O)CCc1cccnc1Br. The molecule has 0 saturated heterocycles. The highest BCUT2D eigenvalue weighted by molar-refractivity contribution is 9.10. The first-order valence-corrected chi connectivity index (χ1v) is 4.77. The Kier molecular flexibility index (Phi) is 3.69. The topological polar surface area (TPSA) is 33.1 Å². The van der Waals surface area contributed by atoms with Gasteiger partial charge in [-0.1, -0.05) is 6.07 Å². The predicted molar refractivity (Wildman–Crippen MR) is 51.9 cm³/mol.